The van der Waals surface area contributed by atoms with E-state index in [2.05, 4.69) is 10.5 Å². The molecule has 3 N–H and O–H groups in total. The Bertz CT molecular complexity index is 577. The largest absolute Gasteiger partial charge is 0.398 e. The molecule has 0 atom stereocenters. The van der Waals surface area contributed by atoms with Crippen molar-refractivity contribution in [1.82, 2.24) is 10.3 Å². The molecular formula is C16H22N4O2. The van der Waals surface area contributed by atoms with E-state index in [-0.39, 0.29) is 18.2 Å². The van der Waals surface area contributed by atoms with Crippen molar-refractivity contribution in [3.05, 3.63) is 29.8 Å². The number of rotatable bonds is 4. The Balaban J connectivity index is 1.88. The van der Waals surface area contributed by atoms with Crippen LogP contribution >= 0.6 is 0 Å². The van der Waals surface area contributed by atoms with Gasteiger partial charge < -0.3 is 10.6 Å². The predicted molar refractivity (Wildman–Crippen MR) is 86.5 cm³/mol. The number of piperidine rings is 1. The summed E-state index contributed by atoms with van der Waals surface area (Å²) in [4.78, 5) is 25.9. The van der Waals surface area contributed by atoms with Crippen molar-refractivity contribution in [2.75, 3.05) is 18.8 Å². The number of carbonyl (C=O) groups is 2. The van der Waals surface area contributed by atoms with Gasteiger partial charge in [-0.25, -0.2) is 5.43 Å². The number of anilines is 1. The molecule has 0 aliphatic carbocycles. The van der Waals surface area contributed by atoms with E-state index in [1.807, 2.05) is 4.90 Å². The molecule has 22 heavy (non-hydrogen) atoms. The predicted octanol–water partition coefficient (Wildman–Crippen LogP) is 1.78. The molecular weight excluding hydrogens is 280 g/mol. The molecule has 2 amide bonds. The number of nitrogens with one attached hydrogen (secondary N) is 1. The molecule has 0 spiro atoms. The highest BCUT2D eigenvalue weighted by Crippen LogP contribution is 2.11. The quantitative estimate of drug-likeness (QED) is 0.505. The van der Waals surface area contributed by atoms with Gasteiger partial charge in [0, 0.05) is 24.5 Å². The number of carbonyl (C=O) groups excluding carboxylic acids is 2. The molecule has 0 saturated carbocycles. The fourth-order valence-electron chi connectivity index (χ4n) is 2.42. The molecule has 1 fully saturated rings. The van der Waals surface area contributed by atoms with Crippen LogP contribution in [0.4, 0.5) is 5.69 Å². The molecule has 0 aromatic heterocycles. The fraction of sp³-hybridized carbons (Fsp3) is 0.438. The van der Waals surface area contributed by atoms with E-state index in [0.29, 0.717) is 17.0 Å². The zero-order valence-corrected chi connectivity index (χ0v) is 12.8. The van der Waals surface area contributed by atoms with Crippen LogP contribution in [0.3, 0.4) is 0 Å². The van der Waals surface area contributed by atoms with Crippen LogP contribution < -0.4 is 11.2 Å². The van der Waals surface area contributed by atoms with Gasteiger partial charge >= 0.3 is 0 Å². The molecule has 0 radical (unpaired) electrons. The summed E-state index contributed by atoms with van der Waals surface area (Å²) in [6, 6.07) is 6.79. The van der Waals surface area contributed by atoms with E-state index in [1.54, 1.807) is 31.2 Å². The van der Waals surface area contributed by atoms with Crippen LogP contribution in [0.1, 0.15) is 43.0 Å². The number of nitrogens with zero attached hydrogens (tertiary/aromatic N) is 2. The SMILES string of the molecule is C/C(CC(=O)N1CCCCC1)=N\NC(=O)c1ccccc1N. The summed E-state index contributed by atoms with van der Waals surface area (Å²) in [5.74, 6) is -0.308. The van der Waals surface area contributed by atoms with Gasteiger partial charge in [-0.15, -0.1) is 0 Å². The van der Waals surface area contributed by atoms with Gasteiger partial charge in [0.15, 0.2) is 0 Å². The second kappa shape index (κ2) is 7.59. The van der Waals surface area contributed by atoms with E-state index in [9.17, 15) is 9.59 Å². The van der Waals surface area contributed by atoms with Crippen LogP contribution in [-0.2, 0) is 4.79 Å². The van der Waals surface area contributed by atoms with Gasteiger partial charge in [-0.3, -0.25) is 9.59 Å². The summed E-state index contributed by atoms with van der Waals surface area (Å²) in [5.41, 5.74) is 9.54. The van der Waals surface area contributed by atoms with Gasteiger partial charge in [-0.2, -0.15) is 5.10 Å². The Labute approximate surface area is 130 Å². The number of nitrogen functional groups attached to an aromatic ring is 1. The fourth-order valence-corrected chi connectivity index (χ4v) is 2.42. The molecule has 1 saturated heterocycles. The van der Waals surface area contributed by atoms with Crippen LogP contribution in [0.2, 0.25) is 0 Å². The number of hydrazone groups is 1. The minimum Gasteiger partial charge on any atom is -0.398 e. The summed E-state index contributed by atoms with van der Waals surface area (Å²) in [6.45, 7) is 3.37. The lowest BCUT2D eigenvalue weighted by Crippen LogP contribution is -2.36. The summed E-state index contributed by atoms with van der Waals surface area (Å²) in [5, 5.41) is 3.99. The van der Waals surface area contributed by atoms with Crippen molar-refractivity contribution in [1.29, 1.82) is 0 Å². The number of benzene rings is 1. The number of hydrogen-bond acceptors (Lipinski definition) is 4. The lowest BCUT2D eigenvalue weighted by Gasteiger charge is -2.26. The first-order chi connectivity index (χ1) is 10.6. The van der Waals surface area contributed by atoms with Gasteiger partial charge in [0.1, 0.15) is 0 Å². The van der Waals surface area contributed by atoms with Gasteiger partial charge in [0.05, 0.1) is 12.0 Å². The molecule has 0 bridgehead atoms. The number of para-hydroxylation sites is 1. The van der Waals surface area contributed by atoms with E-state index in [1.165, 1.54) is 6.42 Å². The third-order valence-corrected chi connectivity index (χ3v) is 3.67. The number of nitrogens with two attached hydrogens (primary N) is 1. The normalized spacial score (nSPS) is 15.5. The molecule has 6 nitrogen and oxygen atoms in total. The number of likely N-dealkylation sites (tertiary alicyclic amines) is 1. The van der Waals surface area contributed by atoms with E-state index in [4.69, 9.17) is 5.73 Å². The highest BCUT2D eigenvalue weighted by atomic mass is 16.2. The van der Waals surface area contributed by atoms with Crippen LogP contribution in [0, 0.1) is 0 Å². The van der Waals surface area contributed by atoms with Crippen LogP contribution in [0.25, 0.3) is 0 Å². The standard InChI is InChI=1S/C16H22N4O2/c1-12(11-15(21)20-9-5-2-6-10-20)18-19-16(22)13-7-3-4-8-14(13)17/h3-4,7-8H,2,5-6,9-11,17H2,1H3,(H,19,22)/b18-12+. The van der Waals surface area contributed by atoms with Crippen LogP contribution in [0.5, 0.6) is 0 Å². The lowest BCUT2D eigenvalue weighted by atomic mass is 10.1. The highest BCUT2D eigenvalue weighted by Gasteiger charge is 2.17. The summed E-state index contributed by atoms with van der Waals surface area (Å²) >= 11 is 0. The average molecular weight is 302 g/mol. The molecule has 1 aliphatic heterocycles. The van der Waals surface area contributed by atoms with Crippen molar-refractivity contribution in [2.24, 2.45) is 5.10 Å². The van der Waals surface area contributed by atoms with Gasteiger partial charge in [0.25, 0.3) is 5.91 Å². The second-order valence-electron chi connectivity index (χ2n) is 5.49. The Hall–Kier alpha value is -2.37. The Kier molecular flexibility index (Phi) is 5.52. The number of hydrogen-bond donors (Lipinski definition) is 2. The lowest BCUT2D eigenvalue weighted by molar-refractivity contribution is -0.130. The first-order valence-electron chi connectivity index (χ1n) is 7.53. The minimum atomic E-state index is -0.372. The molecule has 0 unspecified atom stereocenters. The minimum absolute atomic E-state index is 0.0643. The van der Waals surface area contributed by atoms with E-state index < -0.39 is 0 Å². The van der Waals surface area contributed by atoms with Crippen LogP contribution in [-0.4, -0.2) is 35.5 Å². The molecule has 118 valence electrons. The smallest absolute Gasteiger partial charge is 0.273 e. The maximum absolute atomic E-state index is 12.1. The van der Waals surface area contributed by atoms with Crippen molar-refractivity contribution >= 4 is 23.2 Å². The molecule has 1 aromatic rings. The van der Waals surface area contributed by atoms with E-state index in [0.717, 1.165) is 25.9 Å². The summed E-state index contributed by atoms with van der Waals surface area (Å²) in [6.07, 6.45) is 3.54. The topological polar surface area (TPSA) is 87.8 Å². The Morgan fingerprint density at radius 2 is 1.91 bits per heavy atom. The van der Waals surface area contributed by atoms with Crippen LogP contribution in [0.15, 0.2) is 29.4 Å². The van der Waals surface area contributed by atoms with Crippen molar-refractivity contribution in [2.45, 2.75) is 32.6 Å². The van der Waals surface area contributed by atoms with Gasteiger partial charge in [0.2, 0.25) is 5.91 Å². The molecule has 1 heterocycles. The maximum atomic E-state index is 12.1. The first-order valence-corrected chi connectivity index (χ1v) is 7.53. The Morgan fingerprint density at radius 1 is 1.23 bits per heavy atom. The first kappa shape index (κ1) is 16.0. The Morgan fingerprint density at radius 3 is 2.59 bits per heavy atom. The van der Waals surface area contributed by atoms with Gasteiger partial charge in [-0.05, 0) is 38.3 Å². The summed E-state index contributed by atoms with van der Waals surface area (Å²) < 4.78 is 0. The summed E-state index contributed by atoms with van der Waals surface area (Å²) in [7, 11) is 0. The van der Waals surface area contributed by atoms with Crippen molar-refractivity contribution < 1.29 is 9.59 Å². The molecule has 6 heteroatoms. The highest BCUT2D eigenvalue weighted by molar-refractivity contribution is 6.02. The molecule has 2 rings (SSSR count). The second-order valence-corrected chi connectivity index (χ2v) is 5.49. The van der Waals surface area contributed by atoms with Crippen molar-refractivity contribution in [3.63, 3.8) is 0 Å². The van der Waals surface area contributed by atoms with Crippen molar-refractivity contribution in [3.8, 4) is 0 Å². The van der Waals surface area contributed by atoms with Gasteiger partial charge in [-0.1, -0.05) is 12.1 Å². The zero-order chi connectivity index (χ0) is 15.9. The maximum Gasteiger partial charge on any atom is 0.273 e. The number of amides is 2. The zero-order valence-electron chi connectivity index (χ0n) is 12.8. The third-order valence-electron chi connectivity index (χ3n) is 3.67. The molecule has 1 aromatic carbocycles. The third kappa shape index (κ3) is 4.31. The molecule has 1 aliphatic rings. The monoisotopic (exact) mass is 302 g/mol. The van der Waals surface area contributed by atoms with E-state index >= 15 is 0 Å². The average Bonchev–Trinajstić information content (AvgIpc) is 2.54.